The number of benzene rings is 1. The van der Waals surface area contributed by atoms with E-state index >= 15 is 0 Å². The summed E-state index contributed by atoms with van der Waals surface area (Å²) >= 11 is 0. The molecule has 1 aliphatic rings. The predicted octanol–water partition coefficient (Wildman–Crippen LogP) is 2.39. The molecule has 1 fully saturated rings. The van der Waals surface area contributed by atoms with Crippen molar-refractivity contribution in [1.29, 1.82) is 0 Å². The molecule has 1 aliphatic heterocycles. The number of nitrogens with zero attached hydrogens (tertiary/aromatic N) is 2. The average molecular weight is 433 g/mol. The minimum Gasteiger partial charge on any atom is -0.376 e. The Morgan fingerprint density at radius 3 is 2.50 bits per heavy atom. The summed E-state index contributed by atoms with van der Waals surface area (Å²) in [7, 11) is 3.15. The normalized spacial score (nSPS) is 18.3. The molecule has 0 aromatic heterocycles. The van der Waals surface area contributed by atoms with Gasteiger partial charge in [-0.1, -0.05) is 6.92 Å². The molecule has 2 atom stereocenters. The number of nitrogens with one attached hydrogen (secondary N) is 2. The average Bonchev–Trinajstić information content (AvgIpc) is 2.61. The third kappa shape index (κ3) is 6.07. The van der Waals surface area contributed by atoms with Crippen LogP contribution in [0.2, 0.25) is 0 Å². The van der Waals surface area contributed by atoms with Crippen molar-refractivity contribution in [3.8, 4) is 0 Å². The van der Waals surface area contributed by atoms with E-state index in [1.165, 1.54) is 24.5 Å². The standard InChI is InChI=1S/C19H32N4O3S.ClH/c1-14(15-7-6-10-20-13-15)11-19(24)21-17-12-16(27(25,26)23(4)5)8-9-18(17)22(2)3;/h8-9,12,14-15,20H,6-7,10-11,13H2,1-5H3,(H,21,24);1H. The number of hydrogen-bond donors (Lipinski definition) is 2. The van der Waals surface area contributed by atoms with Crippen LogP contribution in [0.1, 0.15) is 26.2 Å². The van der Waals surface area contributed by atoms with Gasteiger partial charge in [0.25, 0.3) is 0 Å². The molecule has 9 heteroatoms. The molecule has 160 valence electrons. The van der Waals surface area contributed by atoms with Gasteiger partial charge in [-0.2, -0.15) is 0 Å². The van der Waals surface area contributed by atoms with Gasteiger partial charge in [-0.15, -0.1) is 12.4 Å². The van der Waals surface area contributed by atoms with Crippen molar-refractivity contribution < 1.29 is 13.2 Å². The monoisotopic (exact) mass is 432 g/mol. The van der Waals surface area contributed by atoms with E-state index in [1.54, 1.807) is 12.1 Å². The van der Waals surface area contributed by atoms with Gasteiger partial charge in [0.15, 0.2) is 0 Å². The third-order valence-corrected chi connectivity index (χ3v) is 6.96. The number of halogens is 1. The Kier molecular flexibility index (Phi) is 9.20. The first-order valence-corrected chi connectivity index (χ1v) is 10.8. The summed E-state index contributed by atoms with van der Waals surface area (Å²) in [4.78, 5) is 14.6. The van der Waals surface area contributed by atoms with Crippen molar-refractivity contribution in [2.75, 3.05) is 51.5 Å². The summed E-state index contributed by atoms with van der Waals surface area (Å²) in [6.45, 7) is 4.11. The van der Waals surface area contributed by atoms with Crippen LogP contribution in [0.4, 0.5) is 11.4 Å². The van der Waals surface area contributed by atoms with Gasteiger partial charge in [0, 0.05) is 34.6 Å². The van der Waals surface area contributed by atoms with Crippen molar-refractivity contribution in [2.45, 2.75) is 31.1 Å². The van der Waals surface area contributed by atoms with Gasteiger partial charge in [0.1, 0.15) is 0 Å². The number of carbonyl (C=O) groups is 1. The van der Waals surface area contributed by atoms with E-state index in [-0.39, 0.29) is 29.1 Å². The Hall–Kier alpha value is -1.35. The molecule has 1 heterocycles. The first-order valence-electron chi connectivity index (χ1n) is 9.37. The summed E-state index contributed by atoms with van der Waals surface area (Å²) in [6, 6.07) is 4.83. The smallest absolute Gasteiger partial charge is 0.242 e. The van der Waals surface area contributed by atoms with Crippen molar-refractivity contribution >= 4 is 39.7 Å². The van der Waals surface area contributed by atoms with Crippen LogP contribution < -0.4 is 15.5 Å². The second-order valence-electron chi connectivity index (χ2n) is 7.70. The Bertz CT molecular complexity index is 762. The molecular formula is C19H33ClN4O3S. The highest BCUT2D eigenvalue weighted by molar-refractivity contribution is 7.89. The SMILES string of the molecule is CC(CC(=O)Nc1cc(S(=O)(=O)N(C)C)ccc1N(C)C)C1CCCNC1.Cl. The zero-order valence-corrected chi connectivity index (χ0v) is 19.0. The lowest BCUT2D eigenvalue weighted by Crippen LogP contribution is -2.34. The highest BCUT2D eigenvalue weighted by atomic mass is 35.5. The second kappa shape index (κ2) is 10.4. The number of amides is 1. The van der Waals surface area contributed by atoms with Gasteiger partial charge in [0.05, 0.1) is 16.3 Å². The van der Waals surface area contributed by atoms with Gasteiger partial charge in [-0.05, 0) is 56.0 Å². The summed E-state index contributed by atoms with van der Waals surface area (Å²) in [5, 5.41) is 6.32. The molecule has 0 bridgehead atoms. The molecular weight excluding hydrogens is 400 g/mol. The summed E-state index contributed by atoms with van der Waals surface area (Å²) in [5.74, 6) is 0.683. The molecule has 0 radical (unpaired) electrons. The van der Waals surface area contributed by atoms with Crippen molar-refractivity contribution in [1.82, 2.24) is 9.62 Å². The molecule has 1 aromatic rings. The van der Waals surface area contributed by atoms with E-state index < -0.39 is 10.0 Å². The van der Waals surface area contributed by atoms with Crippen LogP contribution in [-0.4, -0.2) is 59.9 Å². The van der Waals surface area contributed by atoms with Crippen molar-refractivity contribution in [3.05, 3.63) is 18.2 Å². The largest absolute Gasteiger partial charge is 0.376 e. The Balaban J connectivity index is 0.00000392. The van der Waals surface area contributed by atoms with E-state index in [4.69, 9.17) is 0 Å². The molecule has 0 aliphatic carbocycles. The maximum atomic E-state index is 12.6. The van der Waals surface area contributed by atoms with Crippen molar-refractivity contribution in [2.24, 2.45) is 11.8 Å². The van der Waals surface area contributed by atoms with E-state index in [0.717, 1.165) is 31.6 Å². The fraction of sp³-hybridized carbons (Fsp3) is 0.632. The minimum atomic E-state index is -3.56. The molecule has 2 rings (SSSR count). The molecule has 0 saturated carbocycles. The Morgan fingerprint density at radius 1 is 1.29 bits per heavy atom. The number of sulfonamides is 1. The van der Waals surface area contributed by atoms with Gasteiger partial charge >= 0.3 is 0 Å². The molecule has 0 spiro atoms. The van der Waals surface area contributed by atoms with Gasteiger partial charge in [-0.3, -0.25) is 4.79 Å². The molecule has 1 amide bonds. The summed E-state index contributed by atoms with van der Waals surface area (Å²) < 4.78 is 26.0. The van der Waals surface area contributed by atoms with Crippen LogP contribution in [0.5, 0.6) is 0 Å². The predicted molar refractivity (Wildman–Crippen MR) is 117 cm³/mol. The highest BCUT2D eigenvalue weighted by Crippen LogP contribution is 2.29. The fourth-order valence-electron chi connectivity index (χ4n) is 3.40. The topological polar surface area (TPSA) is 81.8 Å². The maximum absolute atomic E-state index is 12.6. The van der Waals surface area contributed by atoms with Gasteiger partial charge in [0.2, 0.25) is 15.9 Å². The van der Waals surface area contributed by atoms with Gasteiger partial charge in [-0.25, -0.2) is 12.7 Å². The second-order valence-corrected chi connectivity index (χ2v) is 9.85. The molecule has 7 nitrogen and oxygen atoms in total. The van der Waals surface area contributed by atoms with Crippen LogP contribution in [0.3, 0.4) is 0 Å². The Labute approximate surface area is 175 Å². The maximum Gasteiger partial charge on any atom is 0.242 e. The van der Waals surface area contributed by atoms with Crippen LogP contribution in [0.25, 0.3) is 0 Å². The van der Waals surface area contributed by atoms with Crippen LogP contribution in [-0.2, 0) is 14.8 Å². The van der Waals surface area contributed by atoms with Crippen LogP contribution >= 0.6 is 12.4 Å². The lowest BCUT2D eigenvalue weighted by atomic mass is 9.85. The van der Waals surface area contributed by atoms with Crippen molar-refractivity contribution in [3.63, 3.8) is 0 Å². The number of carbonyl (C=O) groups excluding carboxylic acids is 1. The zero-order valence-electron chi connectivity index (χ0n) is 17.4. The van der Waals surface area contributed by atoms with E-state index in [2.05, 4.69) is 17.6 Å². The summed E-state index contributed by atoms with van der Waals surface area (Å²) in [6.07, 6.45) is 2.71. The molecule has 2 unspecified atom stereocenters. The Morgan fingerprint density at radius 2 is 1.96 bits per heavy atom. The number of hydrogen-bond acceptors (Lipinski definition) is 5. The first-order chi connectivity index (χ1) is 12.6. The van der Waals surface area contributed by atoms with Crippen LogP contribution in [0, 0.1) is 11.8 Å². The first kappa shape index (κ1) is 24.7. The van der Waals surface area contributed by atoms with Crippen LogP contribution in [0.15, 0.2) is 23.1 Å². The molecule has 2 N–H and O–H groups in total. The zero-order chi connectivity index (χ0) is 20.2. The number of piperidine rings is 1. The lowest BCUT2D eigenvalue weighted by Gasteiger charge is -2.28. The van der Waals surface area contributed by atoms with Gasteiger partial charge < -0.3 is 15.5 Å². The quantitative estimate of drug-likeness (QED) is 0.691. The minimum absolute atomic E-state index is 0. The number of rotatable bonds is 7. The van der Waals surface area contributed by atoms with E-state index in [1.807, 2.05) is 19.0 Å². The summed E-state index contributed by atoms with van der Waals surface area (Å²) in [5.41, 5.74) is 1.29. The molecule has 1 aromatic carbocycles. The fourth-order valence-corrected chi connectivity index (χ4v) is 4.33. The molecule has 1 saturated heterocycles. The third-order valence-electron chi connectivity index (χ3n) is 5.15. The number of anilines is 2. The lowest BCUT2D eigenvalue weighted by molar-refractivity contribution is -0.117. The highest BCUT2D eigenvalue weighted by Gasteiger charge is 2.24. The molecule has 28 heavy (non-hydrogen) atoms. The van der Waals surface area contributed by atoms with E-state index in [9.17, 15) is 13.2 Å². The van der Waals surface area contributed by atoms with E-state index in [0.29, 0.717) is 18.0 Å².